The summed E-state index contributed by atoms with van der Waals surface area (Å²) in [5.41, 5.74) is 7.61. The van der Waals surface area contributed by atoms with Crippen molar-refractivity contribution in [3.05, 3.63) is 81.9 Å². The second-order valence-electron chi connectivity index (χ2n) is 6.91. The van der Waals surface area contributed by atoms with Crippen LogP contribution in [0.25, 0.3) is 28.4 Å². The van der Waals surface area contributed by atoms with Gasteiger partial charge in [-0.2, -0.15) is 5.26 Å². The first-order chi connectivity index (χ1) is 13.5. The number of allylic oxidation sites excluding steroid dienone is 1. The molecule has 0 aliphatic carbocycles. The van der Waals surface area contributed by atoms with Crippen molar-refractivity contribution in [2.75, 3.05) is 0 Å². The SMILES string of the molecule is Cc1ccc2nc(C(C#N)=Cc3cc(C)n(-c4ccc(Cl)cc4)c3C)[nH]c2c1. The van der Waals surface area contributed by atoms with Crippen molar-refractivity contribution in [1.29, 1.82) is 5.26 Å². The molecule has 0 unspecified atom stereocenters. The van der Waals surface area contributed by atoms with E-state index < -0.39 is 0 Å². The largest absolute Gasteiger partial charge is 0.337 e. The Labute approximate surface area is 168 Å². The molecule has 0 spiro atoms. The highest BCUT2D eigenvalue weighted by Crippen LogP contribution is 2.26. The maximum absolute atomic E-state index is 9.74. The normalized spacial score (nSPS) is 11.8. The van der Waals surface area contributed by atoms with E-state index in [1.807, 2.05) is 62.4 Å². The first-order valence-electron chi connectivity index (χ1n) is 8.99. The Morgan fingerprint density at radius 1 is 1.11 bits per heavy atom. The topological polar surface area (TPSA) is 57.4 Å². The molecular weight excluding hydrogens is 368 g/mol. The minimum absolute atomic E-state index is 0.505. The molecule has 0 aliphatic rings. The molecule has 5 heteroatoms. The summed E-state index contributed by atoms with van der Waals surface area (Å²) in [5, 5.41) is 10.4. The molecule has 2 aromatic heterocycles. The fourth-order valence-electron chi connectivity index (χ4n) is 3.48. The standard InChI is InChI=1S/C23H19ClN4/c1-14-4-9-21-22(10-14)27-23(26-21)18(13-25)12-17-11-15(2)28(16(17)3)20-7-5-19(24)6-8-20/h4-12H,1-3H3,(H,26,27). The van der Waals surface area contributed by atoms with Crippen molar-refractivity contribution >= 4 is 34.3 Å². The maximum Gasteiger partial charge on any atom is 0.149 e. The lowest BCUT2D eigenvalue weighted by Gasteiger charge is -2.09. The van der Waals surface area contributed by atoms with E-state index in [0.717, 1.165) is 39.2 Å². The number of halogens is 1. The predicted octanol–water partition coefficient (Wildman–Crippen LogP) is 6.00. The van der Waals surface area contributed by atoms with Crippen LogP contribution in [0.2, 0.25) is 5.02 Å². The summed E-state index contributed by atoms with van der Waals surface area (Å²) in [5.74, 6) is 0.583. The van der Waals surface area contributed by atoms with Crippen LogP contribution in [0, 0.1) is 32.1 Å². The third-order valence-corrected chi connectivity index (χ3v) is 5.12. The van der Waals surface area contributed by atoms with Gasteiger partial charge in [-0.3, -0.25) is 0 Å². The first-order valence-corrected chi connectivity index (χ1v) is 9.37. The number of imidazole rings is 1. The van der Waals surface area contributed by atoms with Crippen LogP contribution in [0.15, 0.2) is 48.5 Å². The molecule has 0 amide bonds. The Morgan fingerprint density at radius 3 is 2.57 bits per heavy atom. The summed E-state index contributed by atoms with van der Waals surface area (Å²) in [6.45, 7) is 6.13. The van der Waals surface area contributed by atoms with Crippen LogP contribution >= 0.6 is 11.6 Å². The van der Waals surface area contributed by atoms with E-state index in [0.29, 0.717) is 16.4 Å². The molecule has 0 atom stereocenters. The van der Waals surface area contributed by atoms with Crippen molar-refractivity contribution in [3.8, 4) is 11.8 Å². The molecule has 0 radical (unpaired) electrons. The molecule has 28 heavy (non-hydrogen) atoms. The number of rotatable bonds is 3. The highest BCUT2D eigenvalue weighted by molar-refractivity contribution is 6.30. The number of aromatic amines is 1. The van der Waals surface area contributed by atoms with Gasteiger partial charge in [-0.15, -0.1) is 0 Å². The number of hydrogen-bond acceptors (Lipinski definition) is 2. The van der Waals surface area contributed by atoms with Gasteiger partial charge in [0.15, 0.2) is 0 Å². The van der Waals surface area contributed by atoms with Gasteiger partial charge in [0.25, 0.3) is 0 Å². The number of hydrogen-bond donors (Lipinski definition) is 1. The van der Waals surface area contributed by atoms with Crippen LogP contribution in [0.3, 0.4) is 0 Å². The summed E-state index contributed by atoms with van der Waals surface area (Å²) in [6, 6.07) is 18.1. The fourth-order valence-corrected chi connectivity index (χ4v) is 3.61. The first kappa shape index (κ1) is 18.1. The fraction of sp³-hybridized carbons (Fsp3) is 0.130. The van der Waals surface area contributed by atoms with Crippen LogP contribution in [0.5, 0.6) is 0 Å². The van der Waals surface area contributed by atoms with Crippen LogP contribution in [0.4, 0.5) is 0 Å². The lowest BCUT2D eigenvalue weighted by molar-refractivity contribution is 0.964. The number of aryl methyl sites for hydroxylation is 2. The number of nitrogens with one attached hydrogen (secondary N) is 1. The van der Waals surface area contributed by atoms with Crippen LogP contribution in [0.1, 0.15) is 28.3 Å². The second-order valence-corrected chi connectivity index (χ2v) is 7.35. The summed E-state index contributed by atoms with van der Waals surface area (Å²) in [6.07, 6.45) is 1.89. The third kappa shape index (κ3) is 3.21. The average molecular weight is 387 g/mol. The Morgan fingerprint density at radius 2 is 1.86 bits per heavy atom. The molecule has 0 saturated heterocycles. The van der Waals surface area contributed by atoms with Crippen LogP contribution < -0.4 is 0 Å². The van der Waals surface area contributed by atoms with E-state index >= 15 is 0 Å². The van der Waals surface area contributed by atoms with Gasteiger partial charge in [0.2, 0.25) is 0 Å². The lowest BCUT2D eigenvalue weighted by atomic mass is 10.1. The minimum atomic E-state index is 0.505. The van der Waals surface area contributed by atoms with Crippen LogP contribution in [-0.4, -0.2) is 14.5 Å². The van der Waals surface area contributed by atoms with Crippen LogP contribution in [-0.2, 0) is 0 Å². The summed E-state index contributed by atoms with van der Waals surface area (Å²) >= 11 is 6.02. The van der Waals surface area contributed by atoms with Gasteiger partial charge in [-0.25, -0.2) is 4.98 Å². The van der Waals surface area contributed by atoms with E-state index in [4.69, 9.17) is 11.6 Å². The molecule has 138 valence electrons. The number of aromatic nitrogens is 3. The van der Waals surface area contributed by atoms with Gasteiger partial charge in [0.05, 0.1) is 16.6 Å². The van der Waals surface area contributed by atoms with E-state index in [1.54, 1.807) is 0 Å². The van der Waals surface area contributed by atoms with Crippen molar-refractivity contribution in [3.63, 3.8) is 0 Å². The third-order valence-electron chi connectivity index (χ3n) is 4.87. The number of H-pyrrole nitrogens is 1. The highest BCUT2D eigenvalue weighted by atomic mass is 35.5. The average Bonchev–Trinajstić information content (AvgIpc) is 3.20. The molecule has 4 nitrogen and oxygen atoms in total. The van der Waals surface area contributed by atoms with Gasteiger partial charge in [0, 0.05) is 22.1 Å². The zero-order valence-electron chi connectivity index (χ0n) is 15.9. The minimum Gasteiger partial charge on any atom is -0.337 e. The van der Waals surface area contributed by atoms with Crippen molar-refractivity contribution in [1.82, 2.24) is 14.5 Å². The molecule has 4 aromatic rings. The lowest BCUT2D eigenvalue weighted by Crippen LogP contribution is -1.98. The number of fused-ring (bicyclic) bond motifs is 1. The molecule has 1 N–H and O–H groups in total. The maximum atomic E-state index is 9.74. The van der Waals surface area contributed by atoms with Gasteiger partial charge in [-0.05, 0) is 80.4 Å². The number of nitriles is 1. The van der Waals surface area contributed by atoms with Crippen molar-refractivity contribution in [2.24, 2.45) is 0 Å². The molecule has 0 fully saturated rings. The molecule has 0 bridgehead atoms. The molecular formula is C23H19ClN4. The van der Waals surface area contributed by atoms with E-state index in [1.165, 1.54) is 0 Å². The second kappa shape index (κ2) is 7.03. The number of nitrogens with zero attached hydrogens (tertiary/aromatic N) is 3. The Balaban J connectivity index is 1.79. The number of benzene rings is 2. The highest BCUT2D eigenvalue weighted by Gasteiger charge is 2.13. The quantitative estimate of drug-likeness (QED) is 0.439. The summed E-state index contributed by atoms with van der Waals surface area (Å²) in [7, 11) is 0. The Kier molecular flexibility index (Phi) is 4.54. The van der Waals surface area contributed by atoms with E-state index in [-0.39, 0.29) is 0 Å². The van der Waals surface area contributed by atoms with Crippen molar-refractivity contribution < 1.29 is 0 Å². The molecule has 2 aromatic carbocycles. The van der Waals surface area contributed by atoms with E-state index in [2.05, 4.69) is 33.6 Å². The van der Waals surface area contributed by atoms with Gasteiger partial charge in [0.1, 0.15) is 11.9 Å². The summed E-state index contributed by atoms with van der Waals surface area (Å²) < 4.78 is 2.15. The molecule has 2 heterocycles. The smallest absolute Gasteiger partial charge is 0.149 e. The predicted molar refractivity (Wildman–Crippen MR) is 115 cm³/mol. The van der Waals surface area contributed by atoms with Gasteiger partial charge in [-0.1, -0.05) is 17.7 Å². The zero-order valence-corrected chi connectivity index (χ0v) is 16.7. The molecule has 0 saturated carbocycles. The molecule has 4 rings (SSSR count). The van der Waals surface area contributed by atoms with E-state index in [9.17, 15) is 5.26 Å². The summed E-state index contributed by atoms with van der Waals surface area (Å²) in [4.78, 5) is 7.84. The van der Waals surface area contributed by atoms with Crippen molar-refractivity contribution in [2.45, 2.75) is 20.8 Å². The Hall–Kier alpha value is -3.29. The Bertz CT molecular complexity index is 1250. The van der Waals surface area contributed by atoms with Gasteiger partial charge >= 0.3 is 0 Å². The monoisotopic (exact) mass is 386 g/mol. The molecule has 0 aliphatic heterocycles. The van der Waals surface area contributed by atoms with Gasteiger partial charge < -0.3 is 9.55 Å². The zero-order chi connectivity index (χ0) is 19.8.